The van der Waals surface area contributed by atoms with E-state index in [2.05, 4.69) is 10.2 Å². The number of ether oxygens (including phenoxy) is 1. The van der Waals surface area contributed by atoms with E-state index in [1.165, 1.54) is 0 Å². The van der Waals surface area contributed by atoms with Gasteiger partial charge in [0.2, 0.25) is 0 Å². The maximum Gasteiger partial charge on any atom is 0.151 e. The highest BCUT2D eigenvalue weighted by molar-refractivity contribution is 5.42. The zero-order chi connectivity index (χ0) is 6.27. The first-order chi connectivity index (χ1) is 4.38. The number of aromatic amines is 1. The van der Waals surface area contributed by atoms with Gasteiger partial charge in [-0.3, -0.25) is 5.10 Å². The van der Waals surface area contributed by atoms with Crippen LogP contribution in [0.2, 0.25) is 0 Å². The number of aromatic nitrogens is 2. The Balaban J connectivity index is 2.56. The Morgan fingerprint density at radius 2 is 2.44 bits per heavy atom. The third kappa shape index (κ3) is 0.533. The van der Waals surface area contributed by atoms with Gasteiger partial charge in [-0.15, -0.1) is 0 Å². The summed E-state index contributed by atoms with van der Waals surface area (Å²) >= 11 is 0. The SMILES string of the molecule is Nc1n[nH]c2c1COC2. The molecule has 1 aromatic heterocycles. The minimum absolute atomic E-state index is 0.572. The van der Waals surface area contributed by atoms with E-state index in [-0.39, 0.29) is 0 Å². The molecule has 1 aliphatic heterocycles. The molecule has 0 unspecified atom stereocenters. The summed E-state index contributed by atoms with van der Waals surface area (Å²) in [7, 11) is 0. The Labute approximate surface area is 52.0 Å². The van der Waals surface area contributed by atoms with Crippen LogP contribution < -0.4 is 5.73 Å². The summed E-state index contributed by atoms with van der Waals surface area (Å²) in [5, 5.41) is 6.60. The molecule has 9 heavy (non-hydrogen) atoms. The lowest BCUT2D eigenvalue weighted by molar-refractivity contribution is 0.132. The van der Waals surface area contributed by atoms with Crippen molar-refractivity contribution in [3.63, 3.8) is 0 Å². The molecule has 0 saturated heterocycles. The van der Waals surface area contributed by atoms with Crippen molar-refractivity contribution in [2.45, 2.75) is 13.2 Å². The lowest BCUT2D eigenvalue weighted by Crippen LogP contribution is -1.89. The summed E-state index contributed by atoms with van der Waals surface area (Å²) in [6.07, 6.45) is 0. The molecule has 1 aliphatic rings. The topological polar surface area (TPSA) is 63.9 Å². The Morgan fingerprint density at radius 1 is 1.56 bits per heavy atom. The first kappa shape index (κ1) is 4.81. The summed E-state index contributed by atoms with van der Waals surface area (Å²) in [6.45, 7) is 1.23. The number of H-pyrrole nitrogens is 1. The van der Waals surface area contributed by atoms with Crippen LogP contribution in [-0.2, 0) is 18.0 Å². The lowest BCUT2D eigenvalue weighted by Gasteiger charge is -1.86. The molecular formula is C5H7N3O. The molecule has 4 nitrogen and oxygen atoms in total. The van der Waals surface area contributed by atoms with Gasteiger partial charge in [0.05, 0.1) is 18.9 Å². The van der Waals surface area contributed by atoms with Crippen LogP contribution in [0.4, 0.5) is 5.82 Å². The number of nitrogens with one attached hydrogen (secondary N) is 1. The maximum absolute atomic E-state index is 5.47. The Kier molecular flexibility index (Phi) is 0.790. The van der Waals surface area contributed by atoms with Gasteiger partial charge in [-0.1, -0.05) is 0 Å². The van der Waals surface area contributed by atoms with Crippen molar-refractivity contribution >= 4 is 5.82 Å². The fourth-order valence-corrected chi connectivity index (χ4v) is 0.953. The molecule has 0 spiro atoms. The molecule has 0 radical (unpaired) electrons. The Hall–Kier alpha value is -1.03. The largest absolute Gasteiger partial charge is 0.382 e. The van der Waals surface area contributed by atoms with Gasteiger partial charge in [-0.25, -0.2) is 0 Å². The van der Waals surface area contributed by atoms with Crippen LogP contribution in [0.1, 0.15) is 11.3 Å². The van der Waals surface area contributed by atoms with E-state index in [1.54, 1.807) is 0 Å². The number of hydrogen-bond donors (Lipinski definition) is 2. The number of hydrogen-bond acceptors (Lipinski definition) is 3. The quantitative estimate of drug-likeness (QED) is 0.513. The molecule has 4 heteroatoms. The van der Waals surface area contributed by atoms with Crippen molar-refractivity contribution in [2.75, 3.05) is 5.73 Å². The van der Waals surface area contributed by atoms with Gasteiger partial charge in [0.25, 0.3) is 0 Å². The molecule has 0 aromatic carbocycles. The average molecular weight is 125 g/mol. The van der Waals surface area contributed by atoms with Crippen LogP contribution in [0.25, 0.3) is 0 Å². The van der Waals surface area contributed by atoms with Crippen LogP contribution in [0.5, 0.6) is 0 Å². The van der Waals surface area contributed by atoms with Gasteiger partial charge in [-0.2, -0.15) is 5.10 Å². The van der Waals surface area contributed by atoms with E-state index >= 15 is 0 Å². The first-order valence-corrected chi connectivity index (χ1v) is 2.77. The van der Waals surface area contributed by atoms with Crippen LogP contribution >= 0.6 is 0 Å². The molecule has 0 amide bonds. The summed E-state index contributed by atoms with van der Waals surface area (Å²) in [6, 6.07) is 0. The van der Waals surface area contributed by atoms with Crippen molar-refractivity contribution in [2.24, 2.45) is 0 Å². The highest BCUT2D eigenvalue weighted by Crippen LogP contribution is 2.21. The zero-order valence-electron chi connectivity index (χ0n) is 4.85. The van der Waals surface area contributed by atoms with Gasteiger partial charge < -0.3 is 10.5 Å². The number of anilines is 1. The first-order valence-electron chi connectivity index (χ1n) is 2.77. The number of nitrogens with zero attached hydrogens (tertiary/aromatic N) is 1. The fraction of sp³-hybridized carbons (Fsp3) is 0.400. The van der Waals surface area contributed by atoms with Gasteiger partial charge in [0.1, 0.15) is 0 Å². The van der Waals surface area contributed by atoms with Crippen LogP contribution in [0.15, 0.2) is 0 Å². The van der Waals surface area contributed by atoms with E-state index in [0.717, 1.165) is 11.3 Å². The minimum Gasteiger partial charge on any atom is -0.382 e. The molecule has 0 atom stereocenters. The van der Waals surface area contributed by atoms with E-state index < -0.39 is 0 Å². The molecule has 2 rings (SSSR count). The standard InChI is InChI=1S/C5H7N3O/c6-5-3-1-9-2-4(3)7-8-5/h1-2H2,(H3,6,7,8). The van der Waals surface area contributed by atoms with E-state index in [1.807, 2.05) is 0 Å². The van der Waals surface area contributed by atoms with Crippen LogP contribution in [0, 0.1) is 0 Å². The van der Waals surface area contributed by atoms with Crippen molar-refractivity contribution in [1.29, 1.82) is 0 Å². The zero-order valence-corrected chi connectivity index (χ0v) is 4.85. The Bertz CT molecular complexity index is 230. The third-order valence-electron chi connectivity index (χ3n) is 1.48. The average Bonchev–Trinajstić information content (AvgIpc) is 2.35. The maximum atomic E-state index is 5.47. The monoisotopic (exact) mass is 125 g/mol. The third-order valence-corrected chi connectivity index (χ3v) is 1.48. The summed E-state index contributed by atoms with van der Waals surface area (Å²) < 4.78 is 5.08. The predicted molar refractivity (Wildman–Crippen MR) is 31.5 cm³/mol. The molecule has 0 saturated carbocycles. The smallest absolute Gasteiger partial charge is 0.151 e. The second kappa shape index (κ2) is 1.48. The molecule has 0 bridgehead atoms. The summed E-state index contributed by atoms with van der Waals surface area (Å²) in [5.74, 6) is 0.572. The molecule has 48 valence electrons. The van der Waals surface area contributed by atoms with Gasteiger partial charge in [0.15, 0.2) is 5.82 Å². The minimum atomic E-state index is 0.572. The van der Waals surface area contributed by atoms with E-state index in [0.29, 0.717) is 19.0 Å². The van der Waals surface area contributed by atoms with Crippen LogP contribution in [-0.4, -0.2) is 10.2 Å². The highest BCUT2D eigenvalue weighted by atomic mass is 16.5. The van der Waals surface area contributed by atoms with Crippen LogP contribution in [0.3, 0.4) is 0 Å². The van der Waals surface area contributed by atoms with Crippen molar-refractivity contribution in [3.05, 3.63) is 11.3 Å². The molecule has 2 heterocycles. The van der Waals surface area contributed by atoms with Gasteiger partial charge in [-0.05, 0) is 0 Å². The van der Waals surface area contributed by atoms with Crippen molar-refractivity contribution in [3.8, 4) is 0 Å². The molecule has 3 N–H and O–H groups in total. The number of rotatable bonds is 0. The molecule has 0 fully saturated rings. The van der Waals surface area contributed by atoms with Crippen molar-refractivity contribution < 1.29 is 4.74 Å². The number of nitrogens with two attached hydrogens (primary N) is 1. The second-order valence-electron chi connectivity index (χ2n) is 2.06. The number of fused-ring (bicyclic) bond motifs is 1. The Morgan fingerprint density at radius 3 is 3.22 bits per heavy atom. The summed E-state index contributed by atoms with van der Waals surface area (Å²) in [5.41, 5.74) is 7.51. The van der Waals surface area contributed by atoms with Gasteiger partial charge in [0, 0.05) is 5.56 Å². The normalized spacial score (nSPS) is 16.0. The van der Waals surface area contributed by atoms with E-state index in [4.69, 9.17) is 10.5 Å². The molecule has 0 aliphatic carbocycles. The predicted octanol–water partition coefficient (Wildman–Crippen LogP) is 0.0221. The van der Waals surface area contributed by atoms with Gasteiger partial charge >= 0.3 is 0 Å². The van der Waals surface area contributed by atoms with E-state index in [9.17, 15) is 0 Å². The molecule has 1 aromatic rings. The number of nitrogen functional groups attached to an aromatic ring is 1. The highest BCUT2D eigenvalue weighted by Gasteiger charge is 2.16. The summed E-state index contributed by atoms with van der Waals surface area (Å²) in [4.78, 5) is 0. The lowest BCUT2D eigenvalue weighted by atomic mass is 10.3. The fourth-order valence-electron chi connectivity index (χ4n) is 0.953. The molecular weight excluding hydrogens is 118 g/mol. The second-order valence-corrected chi connectivity index (χ2v) is 2.06. The van der Waals surface area contributed by atoms with Crippen molar-refractivity contribution in [1.82, 2.24) is 10.2 Å².